The highest BCUT2D eigenvalue weighted by Crippen LogP contribution is 2.70. The largest absolute Gasteiger partial charge is 0.393 e. The summed E-state index contributed by atoms with van der Waals surface area (Å²) in [6.45, 7) is 14.2. The molecule has 0 aliphatic heterocycles. The molecule has 0 radical (unpaired) electrons. The second-order valence-electron chi connectivity index (χ2n) is 24.3. The first-order valence-electron chi connectivity index (χ1n) is 25.8. The van der Waals surface area contributed by atoms with E-state index in [0.29, 0.717) is 95.5 Å². The third-order valence-corrected chi connectivity index (χ3v) is 21.9. The maximum Gasteiger partial charge on any atom is 0.225 e. The van der Waals surface area contributed by atoms with Gasteiger partial charge >= 0.3 is 0 Å². The van der Waals surface area contributed by atoms with Gasteiger partial charge in [-0.1, -0.05) is 47.6 Å². The third kappa shape index (κ3) is 7.53. The van der Waals surface area contributed by atoms with Crippen LogP contribution in [0.5, 0.6) is 0 Å². The fourth-order valence-corrected chi connectivity index (χ4v) is 18.4. The number of carbonyl (C=O) groups is 2. The van der Waals surface area contributed by atoms with Crippen molar-refractivity contribution in [3.8, 4) is 0 Å². The number of amides is 2. The van der Waals surface area contributed by atoms with E-state index < -0.39 is 0 Å². The highest BCUT2D eigenvalue weighted by atomic mass is 16.3. The third-order valence-electron chi connectivity index (χ3n) is 21.9. The lowest BCUT2D eigenvalue weighted by molar-refractivity contribution is -0.175. The number of hydrogen-bond acceptors (Lipinski definition) is 7. The van der Waals surface area contributed by atoms with E-state index in [2.05, 4.69) is 57.2 Å². The van der Waals surface area contributed by atoms with E-state index in [1.54, 1.807) is 12.1 Å². The predicted octanol–water partition coefficient (Wildman–Crippen LogP) is 9.77. The molecule has 20 atom stereocenters. The van der Waals surface area contributed by atoms with Crippen LogP contribution in [0.2, 0.25) is 0 Å². The summed E-state index contributed by atoms with van der Waals surface area (Å²) in [5.74, 6) is 6.68. The van der Waals surface area contributed by atoms with Crippen LogP contribution in [0.15, 0.2) is 18.2 Å². The Kier molecular flexibility index (Phi) is 12.3. The summed E-state index contributed by atoms with van der Waals surface area (Å²) in [6, 6.07) is 5.38. The maximum absolute atomic E-state index is 13.4. The van der Waals surface area contributed by atoms with Gasteiger partial charge in [0.2, 0.25) is 11.8 Å². The maximum atomic E-state index is 13.4. The molecule has 1 heterocycles. The Morgan fingerprint density at radius 3 is 1.44 bits per heavy atom. The van der Waals surface area contributed by atoms with Crippen LogP contribution < -0.4 is 10.6 Å². The van der Waals surface area contributed by atoms with Crippen LogP contribution in [-0.2, 0) is 9.59 Å². The monoisotopic (exact) mass is 858 g/mol. The van der Waals surface area contributed by atoms with Crippen molar-refractivity contribution in [2.45, 2.75) is 194 Å². The van der Waals surface area contributed by atoms with Crippen LogP contribution in [0.1, 0.15) is 170 Å². The minimum absolute atomic E-state index is 0.0735. The first kappa shape index (κ1) is 45.1. The quantitative estimate of drug-likeness (QED) is 0.137. The molecule has 0 saturated heterocycles. The summed E-state index contributed by atoms with van der Waals surface area (Å²) in [5.41, 5.74) is 0.194. The number of fused-ring (bicyclic) bond motifs is 10. The van der Waals surface area contributed by atoms with Crippen molar-refractivity contribution in [2.75, 3.05) is 10.6 Å². The molecule has 8 saturated carbocycles. The molecule has 1 aromatic rings. The van der Waals surface area contributed by atoms with Gasteiger partial charge in [-0.2, -0.15) is 0 Å². The minimum atomic E-state index is -0.330. The van der Waals surface area contributed by atoms with Gasteiger partial charge in [0, 0.05) is 12.8 Å². The number of nitrogens with zero attached hydrogens (tertiary/aromatic N) is 1. The van der Waals surface area contributed by atoms with Gasteiger partial charge in [0.1, 0.15) is 11.6 Å². The van der Waals surface area contributed by atoms with Gasteiger partial charge in [-0.3, -0.25) is 9.59 Å². The van der Waals surface area contributed by atoms with Crippen LogP contribution >= 0.6 is 0 Å². The van der Waals surface area contributed by atoms with Crippen LogP contribution in [-0.4, -0.2) is 61.6 Å². The zero-order valence-corrected chi connectivity index (χ0v) is 39.2. The minimum Gasteiger partial charge on any atom is -0.393 e. The number of anilines is 2. The van der Waals surface area contributed by atoms with Crippen molar-refractivity contribution in [3.63, 3.8) is 0 Å². The molecule has 346 valence electrons. The molecule has 8 aliphatic rings. The van der Waals surface area contributed by atoms with Gasteiger partial charge in [-0.15, -0.1) is 0 Å². The van der Waals surface area contributed by atoms with Crippen molar-refractivity contribution >= 4 is 23.5 Å². The molecule has 0 aromatic carbocycles. The fraction of sp³-hybridized carbons (Fsp3) is 0.868. The van der Waals surface area contributed by atoms with Gasteiger partial charge in [0.05, 0.1) is 24.4 Å². The van der Waals surface area contributed by atoms with E-state index in [1.165, 1.54) is 38.5 Å². The SMILES string of the molecule is C[C@H](CCC(=O)Nc1cccc(NC(=O)CC[C@@H](C)[C@H]2CC[C@H]3[C@@H]4CC[C@@H]5C[C@H](O)CC[C@]5(C)[C@H]4C[C@H](O)[C@]23C)n1)[C@H]1CC[C@H]2[C@@H]3CC[C@@H]4C[C@H](O)CC[C@]4(C)[C@H]3C[C@H](O)[C@]12C. The van der Waals surface area contributed by atoms with E-state index in [-0.39, 0.29) is 57.9 Å². The average molecular weight is 858 g/mol. The normalized spacial score (nSPS) is 48.0. The number of nitrogens with one attached hydrogen (secondary N) is 2. The Bertz CT molecular complexity index is 1690. The summed E-state index contributed by atoms with van der Waals surface area (Å²) in [4.78, 5) is 31.3. The summed E-state index contributed by atoms with van der Waals surface area (Å²) < 4.78 is 0. The van der Waals surface area contributed by atoms with Crippen molar-refractivity contribution in [3.05, 3.63) is 18.2 Å². The lowest BCUT2D eigenvalue weighted by Gasteiger charge is -2.62. The molecular formula is C53H83N3O6. The summed E-state index contributed by atoms with van der Waals surface area (Å²) in [7, 11) is 0. The molecule has 0 unspecified atom stereocenters. The number of aromatic nitrogens is 1. The van der Waals surface area contributed by atoms with Gasteiger partial charge in [-0.25, -0.2) is 4.98 Å². The van der Waals surface area contributed by atoms with Crippen molar-refractivity contribution in [2.24, 2.45) is 92.7 Å². The highest BCUT2D eigenvalue weighted by Gasteiger charge is 2.65. The molecule has 8 aliphatic carbocycles. The van der Waals surface area contributed by atoms with E-state index in [1.807, 2.05) is 6.07 Å². The zero-order valence-electron chi connectivity index (χ0n) is 39.2. The van der Waals surface area contributed by atoms with Gasteiger partial charge in [-0.05, 0) is 220 Å². The number of aliphatic hydroxyl groups is 4. The number of rotatable bonds is 10. The Labute approximate surface area is 373 Å². The van der Waals surface area contributed by atoms with E-state index in [9.17, 15) is 30.0 Å². The van der Waals surface area contributed by atoms with Gasteiger partial charge in [0.25, 0.3) is 0 Å². The molecule has 9 nitrogen and oxygen atoms in total. The summed E-state index contributed by atoms with van der Waals surface area (Å²) >= 11 is 0. The molecule has 2 amide bonds. The fourth-order valence-electron chi connectivity index (χ4n) is 18.4. The van der Waals surface area contributed by atoms with Crippen LogP contribution in [0.3, 0.4) is 0 Å². The summed E-state index contributed by atoms with van der Waals surface area (Å²) in [5, 5.41) is 50.9. The van der Waals surface area contributed by atoms with E-state index >= 15 is 0 Å². The van der Waals surface area contributed by atoms with Crippen molar-refractivity contribution in [1.29, 1.82) is 0 Å². The van der Waals surface area contributed by atoms with Crippen molar-refractivity contribution < 1.29 is 30.0 Å². The van der Waals surface area contributed by atoms with Gasteiger partial charge < -0.3 is 31.1 Å². The molecule has 0 spiro atoms. The molecular weight excluding hydrogens is 775 g/mol. The van der Waals surface area contributed by atoms with Gasteiger partial charge in [0.15, 0.2) is 0 Å². The molecule has 0 bridgehead atoms. The Morgan fingerprint density at radius 2 is 1.02 bits per heavy atom. The Morgan fingerprint density at radius 1 is 0.597 bits per heavy atom. The highest BCUT2D eigenvalue weighted by molar-refractivity contribution is 5.92. The molecule has 1 aromatic heterocycles. The number of aliphatic hydroxyl groups excluding tert-OH is 4. The first-order chi connectivity index (χ1) is 29.5. The zero-order chi connectivity index (χ0) is 43.9. The molecule has 8 fully saturated rings. The average Bonchev–Trinajstić information content (AvgIpc) is 3.79. The molecule has 6 N–H and O–H groups in total. The van der Waals surface area contributed by atoms with Crippen LogP contribution in [0, 0.1) is 92.7 Å². The summed E-state index contributed by atoms with van der Waals surface area (Å²) in [6.07, 6.45) is 18.3. The topological polar surface area (TPSA) is 152 Å². The van der Waals surface area contributed by atoms with Crippen molar-refractivity contribution in [1.82, 2.24) is 4.98 Å². The Hall–Kier alpha value is -2.07. The number of hydrogen-bond donors (Lipinski definition) is 6. The second kappa shape index (κ2) is 17.0. The molecule has 62 heavy (non-hydrogen) atoms. The second-order valence-corrected chi connectivity index (χ2v) is 24.3. The number of pyridine rings is 1. The predicted molar refractivity (Wildman–Crippen MR) is 244 cm³/mol. The van der Waals surface area contributed by atoms with E-state index in [0.717, 1.165) is 77.0 Å². The lowest BCUT2D eigenvalue weighted by atomic mass is 9.43. The Balaban J connectivity index is 0.746. The lowest BCUT2D eigenvalue weighted by Crippen LogP contribution is -2.58. The first-order valence-corrected chi connectivity index (χ1v) is 25.8. The standard InChI is InChI=1S/C53H83N3O6/c1-30(38-16-18-40-36-14-12-32-26-34(57)22-24-50(32,3)42(36)28-44(59)52(38,40)5)10-20-48(61)55-46-8-7-9-47(54-46)56-49(62)21-11-31(2)39-17-19-41-37-15-13-33-27-35(58)23-25-51(33,4)43(37)29-45(60)53(39,41)6/h7-9,30-45,57-60H,10-29H2,1-6H3,(H2,54,55,56,61,62)/t30-,31-,32-,33-,34-,35-,36+,37+,38-,39-,40+,41+,42+,43+,44+,45+,50+,51+,52-,53-/m1/s1. The van der Waals surface area contributed by atoms with Crippen LogP contribution in [0.25, 0.3) is 0 Å². The number of carbonyl (C=O) groups excluding carboxylic acids is 2. The van der Waals surface area contributed by atoms with E-state index in [4.69, 9.17) is 0 Å². The smallest absolute Gasteiger partial charge is 0.225 e. The molecule has 9 rings (SSSR count). The van der Waals surface area contributed by atoms with Crippen LogP contribution in [0.4, 0.5) is 11.6 Å². The molecule has 9 heteroatoms.